The monoisotopic (exact) mass is 449 g/mol. The number of thioether (sulfide) groups is 1. The number of rotatable bonds is 9. The second kappa shape index (κ2) is 11.6. The van der Waals surface area contributed by atoms with Gasteiger partial charge in [-0.3, -0.25) is 9.69 Å². The van der Waals surface area contributed by atoms with Gasteiger partial charge in [-0.2, -0.15) is 0 Å². The van der Waals surface area contributed by atoms with Gasteiger partial charge in [0.05, 0.1) is 10.2 Å². The summed E-state index contributed by atoms with van der Waals surface area (Å²) in [5.74, 6) is 1.10. The molecule has 0 radical (unpaired) electrons. The SMILES string of the molecule is Cc1ccc2nc(N(CCN(C)C)C(=O)CCCSc3ccccc3)sc2c1.Cl. The Labute approximate surface area is 187 Å². The van der Waals surface area contributed by atoms with Gasteiger partial charge in [-0.05, 0) is 63.0 Å². The summed E-state index contributed by atoms with van der Waals surface area (Å²) in [6, 6.07) is 16.6. The molecule has 0 unspecified atom stereocenters. The van der Waals surface area contributed by atoms with Crippen LogP contribution in [0.5, 0.6) is 0 Å². The number of carbonyl (C=O) groups is 1. The molecule has 4 nitrogen and oxygen atoms in total. The number of benzene rings is 2. The number of thiazole rings is 1. The van der Waals surface area contributed by atoms with E-state index in [0.717, 1.165) is 34.1 Å². The molecule has 0 spiro atoms. The van der Waals surface area contributed by atoms with E-state index in [2.05, 4.69) is 36.1 Å². The van der Waals surface area contributed by atoms with Gasteiger partial charge in [-0.1, -0.05) is 35.6 Å². The highest BCUT2D eigenvalue weighted by Gasteiger charge is 2.19. The number of carbonyl (C=O) groups excluding carboxylic acids is 1. The largest absolute Gasteiger partial charge is 0.308 e. The Balaban J connectivity index is 0.00000300. The zero-order valence-electron chi connectivity index (χ0n) is 17.1. The number of likely N-dealkylation sites (N-methyl/N-ethyl adjacent to an activating group) is 1. The quantitative estimate of drug-likeness (QED) is 0.319. The van der Waals surface area contributed by atoms with Crippen LogP contribution in [-0.2, 0) is 4.79 Å². The standard InChI is InChI=1S/C22H27N3OS2.ClH/c1-17-11-12-19-20(16-17)28-22(23-19)25(14-13-24(2)3)21(26)10-7-15-27-18-8-5-4-6-9-18;/h4-6,8-9,11-12,16H,7,10,13-15H2,1-3H3;1H. The van der Waals surface area contributed by atoms with Crippen molar-refractivity contribution in [3.63, 3.8) is 0 Å². The van der Waals surface area contributed by atoms with Crippen LogP contribution in [0.4, 0.5) is 5.13 Å². The van der Waals surface area contributed by atoms with Crippen molar-refractivity contribution >= 4 is 56.8 Å². The summed E-state index contributed by atoms with van der Waals surface area (Å²) in [6.07, 6.45) is 1.41. The van der Waals surface area contributed by atoms with Crippen molar-refractivity contribution < 1.29 is 4.79 Å². The van der Waals surface area contributed by atoms with Gasteiger partial charge < -0.3 is 4.90 Å². The number of fused-ring (bicyclic) bond motifs is 1. The lowest BCUT2D eigenvalue weighted by atomic mass is 10.2. The van der Waals surface area contributed by atoms with E-state index in [1.807, 2.05) is 43.3 Å². The average molecular weight is 450 g/mol. The molecular weight excluding hydrogens is 422 g/mol. The molecule has 29 heavy (non-hydrogen) atoms. The molecule has 0 bridgehead atoms. The van der Waals surface area contributed by atoms with Gasteiger partial charge in [0.2, 0.25) is 5.91 Å². The van der Waals surface area contributed by atoms with Gasteiger partial charge in [0.15, 0.2) is 5.13 Å². The van der Waals surface area contributed by atoms with Crippen LogP contribution in [-0.4, -0.2) is 48.7 Å². The Hall–Kier alpha value is -1.60. The van der Waals surface area contributed by atoms with Gasteiger partial charge in [-0.15, -0.1) is 24.2 Å². The first-order valence-corrected chi connectivity index (χ1v) is 11.3. The number of aryl methyl sites for hydroxylation is 1. The highest BCUT2D eigenvalue weighted by Crippen LogP contribution is 2.30. The fraction of sp³-hybridized carbons (Fsp3) is 0.364. The summed E-state index contributed by atoms with van der Waals surface area (Å²) in [7, 11) is 4.06. The number of anilines is 1. The number of halogens is 1. The fourth-order valence-corrected chi connectivity index (χ4v) is 4.81. The number of amides is 1. The van der Waals surface area contributed by atoms with Crippen LogP contribution >= 0.6 is 35.5 Å². The first kappa shape index (κ1) is 23.7. The Kier molecular flexibility index (Phi) is 9.43. The highest BCUT2D eigenvalue weighted by atomic mass is 35.5. The normalized spacial score (nSPS) is 10.9. The third-order valence-corrected chi connectivity index (χ3v) is 6.52. The molecule has 2 aromatic carbocycles. The Morgan fingerprint density at radius 1 is 1.10 bits per heavy atom. The Bertz CT molecular complexity index is 915. The first-order chi connectivity index (χ1) is 13.5. The van der Waals surface area contributed by atoms with Gasteiger partial charge in [0, 0.05) is 24.4 Å². The van der Waals surface area contributed by atoms with E-state index < -0.39 is 0 Å². The van der Waals surface area contributed by atoms with E-state index in [0.29, 0.717) is 13.0 Å². The third kappa shape index (κ3) is 7.00. The van der Waals surface area contributed by atoms with Gasteiger partial charge in [-0.25, -0.2) is 4.98 Å². The topological polar surface area (TPSA) is 36.4 Å². The van der Waals surface area contributed by atoms with Gasteiger partial charge in [0.25, 0.3) is 0 Å². The van der Waals surface area contributed by atoms with Crippen molar-refractivity contribution in [3.8, 4) is 0 Å². The van der Waals surface area contributed by atoms with E-state index in [1.54, 1.807) is 23.1 Å². The second-order valence-electron chi connectivity index (χ2n) is 7.08. The summed E-state index contributed by atoms with van der Waals surface area (Å²) in [4.78, 5) is 22.9. The average Bonchev–Trinajstić information content (AvgIpc) is 3.08. The zero-order chi connectivity index (χ0) is 19.9. The maximum absolute atomic E-state index is 13.0. The molecule has 0 saturated heterocycles. The minimum absolute atomic E-state index is 0. The molecule has 0 aliphatic heterocycles. The molecule has 0 aliphatic carbocycles. The van der Waals surface area contributed by atoms with Crippen LogP contribution in [0.25, 0.3) is 10.2 Å². The van der Waals surface area contributed by atoms with Crippen molar-refractivity contribution in [2.75, 3.05) is 37.8 Å². The van der Waals surface area contributed by atoms with Crippen LogP contribution in [0, 0.1) is 6.92 Å². The van der Waals surface area contributed by atoms with Crippen LogP contribution in [0.2, 0.25) is 0 Å². The van der Waals surface area contributed by atoms with E-state index in [-0.39, 0.29) is 18.3 Å². The van der Waals surface area contributed by atoms with E-state index in [1.165, 1.54) is 10.5 Å². The number of nitrogens with zero attached hydrogens (tertiary/aromatic N) is 3. The number of aromatic nitrogens is 1. The Morgan fingerprint density at radius 2 is 1.86 bits per heavy atom. The zero-order valence-corrected chi connectivity index (χ0v) is 19.6. The van der Waals surface area contributed by atoms with Crippen molar-refractivity contribution in [1.82, 2.24) is 9.88 Å². The summed E-state index contributed by atoms with van der Waals surface area (Å²) < 4.78 is 1.14. The predicted octanol–water partition coefficient (Wildman–Crippen LogP) is 5.49. The maximum atomic E-state index is 13.0. The molecule has 1 aromatic heterocycles. The lowest BCUT2D eigenvalue weighted by Crippen LogP contribution is -2.36. The maximum Gasteiger partial charge on any atom is 0.228 e. The highest BCUT2D eigenvalue weighted by molar-refractivity contribution is 7.99. The molecule has 0 aliphatic rings. The van der Waals surface area contributed by atoms with Crippen LogP contribution in [0.15, 0.2) is 53.4 Å². The molecule has 7 heteroatoms. The van der Waals surface area contributed by atoms with Crippen LogP contribution < -0.4 is 4.90 Å². The summed E-state index contributed by atoms with van der Waals surface area (Å²) in [6.45, 7) is 3.56. The third-order valence-electron chi connectivity index (χ3n) is 4.38. The Morgan fingerprint density at radius 3 is 2.59 bits per heavy atom. The van der Waals surface area contributed by atoms with Crippen molar-refractivity contribution in [2.45, 2.75) is 24.7 Å². The molecular formula is C22H28ClN3OS2. The van der Waals surface area contributed by atoms with Gasteiger partial charge in [0.1, 0.15) is 0 Å². The summed E-state index contributed by atoms with van der Waals surface area (Å²) in [5.41, 5.74) is 2.18. The minimum Gasteiger partial charge on any atom is -0.308 e. The predicted molar refractivity (Wildman–Crippen MR) is 129 cm³/mol. The molecule has 0 fully saturated rings. The molecule has 0 atom stereocenters. The van der Waals surface area contributed by atoms with E-state index in [9.17, 15) is 4.79 Å². The summed E-state index contributed by atoms with van der Waals surface area (Å²) >= 11 is 3.41. The molecule has 0 saturated carbocycles. The fourth-order valence-electron chi connectivity index (χ4n) is 2.83. The molecule has 1 amide bonds. The van der Waals surface area contributed by atoms with E-state index >= 15 is 0 Å². The minimum atomic E-state index is 0. The molecule has 3 aromatic rings. The van der Waals surface area contributed by atoms with E-state index in [4.69, 9.17) is 4.98 Å². The smallest absolute Gasteiger partial charge is 0.228 e. The van der Waals surface area contributed by atoms with Crippen molar-refractivity contribution in [3.05, 3.63) is 54.1 Å². The lowest BCUT2D eigenvalue weighted by molar-refractivity contribution is -0.118. The van der Waals surface area contributed by atoms with Crippen molar-refractivity contribution in [2.24, 2.45) is 0 Å². The number of hydrogen-bond acceptors (Lipinski definition) is 5. The second-order valence-corrected chi connectivity index (χ2v) is 9.26. The molecule has 0 N–H and O–H groups in total. The lowest BCUT2D eigenvalue weighted by Gasteiger charge is -2.22. The van der Waals surface area contributed by atoms with Crippen molar-refractivity contribution in [1.29, 1.82) is 0 Å². The summed E-state index contributed by atoms with van der Waals surface area (Å²) in [5, 5.41) is 0.808. The number of hydrogen-bond donors (Lipinski definition) is 0. The van der Waals surface area contributed by atoms with Gasteiger partial charge >= 0.3 is 0 Å². The molecule has 156 valence electrons. The molecule has 1 heterocycles. The van der Waals surface area contributed by atoms with Crippen LogP contribution in [0.1, 0.15) is 18.4 Å². The van der Waals surface area contributed by atoms with Crippen LogP contribution in [0.3, 0.4) is 0 Å². The first-order valence-electron chi connectivity index (χ1n) is 9.53. The molecule has 3 rings (SSSR count).